The molecule has 4 heterocycles. The molecule has 0 spiro atoms. The van der Waals surface area contributed by atoms with Gasteiger partial charge < -0.3 is 15.2 Å². The number of nitrogens with one attached hydrogen (secondary N) is 1. The molecule has 6 rings (SSSR count). The Hall–Kier alpha value is -2.40. The van der Waals surface area contributed by atoms with Crippen LogP contribution in [0.1, 0.15) is 99.3 Å². The van der Waals surface area contributed by atoms with Gasteiger partial charge in [-0.2, -0.15) is 0 Å². The third kappa shape index (κ3) is 5.32. The zero-order chi connectivity index (χ0) is 29.1. The van der Waals surface area contributed by atoms with Crippen LogP contribution in [0.3, 0.4) is 0 Å². The van der Waals surface area contributed by atoms with Gasteiger partial charge in [-0.1, -0.05) is 12.1 Å². The minimum absolute atomic E-state index is 0.125. The fraction of sp³-hybridized carbons (Fsp3) is 0.710. The predicted molar refractivity (Wildman–Crippen MR) is 150 cm³/mol. The number of aliphatic hydroxyl groups excluding tert-OH is 1. The number of amides is 3. The van der Waals surface area contributed by atoms with Gasteiger partial charge in [0.25, 0.3) is 11.8 Å². The number of likely N-dealkylation sites (tertiary alicyclic amines) is 2. The fourth-order valence-electron chi connectivity index (χ4n) is 7.45. The number of benzene rings is 1. The zero-order valence-corrected chi connectivity index (χ0v) is 24.4. The lowest BCUT2D eigenvalue weighted by Crippen LogP contribution is -2.60. The molecule has 4 atom stereocenters. The average Bonchev–Trinajstić information content (AvgIpc) is 3.15. The van der Waals surface area contributed by atoms with Gasteiger partial charge in [-0.05, 0) is 90.6 Å². The third-order valence-electron chi connectivity index (χ3n) is 9.73. The number of ether oxygens (including phenoxy) is 1. The van der Waals surface area contributed by atoms with Crippen LogP contribution in [0.2, 0.25) is 0 Å². The SMILES string of the molecule is CC(C)(C)N1C(=O)CCC(N2C(=O)c3ccc(C4CCN(C5CC(OC6CCNCC6)C5)CC4F)cc3C2O)C1=O. The van der Waals surface area contributed by atoms with E-state index in [1.807, 2.05) is 0 Å². The number of aliphatic hydroxyl groups is 1. The number of rotatable bonds is 5. The van der Waals surface area contributed by atoms with Crippen molar-refractivity contribution in [3.63, 3.8) is 0 Å². The van der Waals surface area contributed by atoms with Gasteiger partial charge in [-0.15, -0.1) is 0 Å². The topological polar surface area (TPSA) is 102 Å². The highest BCUT2D eigenvalue weighted by Crippen LogP contribution is 2.41. The van der Waals surface area contributed by atoms with Crippen molar-refractivity contribution in [2.45, 2.75) is 114 Å². The van der Waals surface area contributed by atoms with Gasteiger partial charge >= 0.3 is 0 Å². The Balaban J connectivity index is 1.09. The van der Waals surface area contributed by atoms with Crippen LogP contribution in [0, 0.1) is 0 Å². The molecule has 5 aliphatic rings. The Morgan fingerprint density at radius 1 is 1.02 bits per heavy atom. The Kier molecular flexibility index (Phi) is 7.72. The van der Waals surface area contributed by atoms with Crippen molar-refractivity contribution >= 4 is 17.7 Å². The van der Waals surface area contributed by atoms with Crippen molar-refractivity contribution < 1.29 is 28.6 Å². The number of hydrogen-bond donors (Lipinski definition) is 2. The molecule has 224 valence electrons. The van der Waals surface area contributed by atoms with Gasteiger partial charge in [-0.25, -0.2) is 4.39 Å². The van der Waals surface area contributed by atoms with Crippen molar-refractivity contribution in [2.24, 2.45) is 0 Å². The molecule has 41 heavy (non-hydrogen) atoms. The summed E-state index contributed by atoms with van der Waals surface area (Å²) in [5.74, 6) is -1.49. The smallest absolute Gasteiger partial charge is 0.257 e. The molecule has 1 aromatic carbocycles. The summed E-state index contributed by atoms with van der Waals surface area (Å²) in [6, 6.07) is 4.63. The molecular weight excluding hydrogens is 527 g/mol. The van der Waals surface area contributed by atoms with E-state index in [4.69, 9.17) is 4.74 Å². The summed E-state index contributed by atoms with van der Waals surface area (Å²) in [5.41, 5.74) is 0.778. The van der Waals surface area contributed by atoms with E-state index in [9.17, 15) is 19.5 Å². The van der Waals surface area contributed by atoms with Gasteiger partial charge in [0, 0.05) is 41.6 Å². The summed E-state index contributed by atoms with van der Waals surface area (Å²) < 4.78 is 21.9. The summed E-state index contributed by atoms with van der Waals surface area (Å²) in [4.78, 5) is 43.9. The fourth-order valence-corrected chi connectivity index (χ4v) is 7.45. The van der Waals surface area contributed by atoms with E-state index in [0.717, 1.165) is 50.9 Å². The molecule has 0 radical (unpaired) electrons. The lowest BCUT2D eigenvalue weighted by atomic mass is 9.82. The molecule has 1 saturated carbocycles. The predicted octanol–water partition coefficient (Wildman–Crippen LogP) is 2.88. The van der Waals surface area contributed by atoms with Crippen LogP contribution in [0.25, 0.3) is 0 Å². The first-order valence-electron chi connectivity index (χ1n) is 15.3. The van der Waals surface area contributed by atoms with Crippen molar-refractivity contribution in [1.29, 1.82) is 0 Å². The second-order valence-corrected chi connectivity index (χ2v) is 13.5. The van der Waals surface area contributed by atoms with Crippen molar-refractivity contribution in [3.8, 4) is 0 Å². The van der Waals surface area contributed by atoms with Crippen LogP contribution in [0.5, 0.6) is 0 Å². The normalized spacial score (nSPS) is 33.7. The van der Waals surface area contributed by atoms with Gasteiger partial charge in [0.1, 0.15) is 12.2 Å². The number of piperidine rings is 3. The third-order valence-corrected chi connectivity index (χ3v) is 9.73. The van der Waals surface area contributed by atoms with Crippen LogP contribution in [-0.2, 0) is 14.3 Å². The lowest BCUT2D eigenvalue weighted by molar-refractivity contribution is -0.160. The summed E-state index contributed by atoms with van der Waals surface area (Å²) in [5, 5.41) is 14.6. The minimum atomic E-state index is -1.31. The number of imide groups is 1. The molecule has 1 aliphatic carbocycles. The first kappa shape index (κ1) is 28.7. The van der Waals surface area contributed by atoms with Gasteiger partial charge in [0.15, 0.2) is 6.23 Å². The van der Waals surface area contributed by atoms with E-state index in [0.29, 0.717) is 36.2 Å². The van der Waals surface area contributed by atoms with E-state index in [2.05, 4.69) is 10.2 Å². The van der Waals surface area contributed by atoms with Gasteiger partial charge in [0.05, 0.1) is 12.2 Å². The van der Waals surface area contributed by atoms with E-state index < -0.39 is 35.8 Å². The number of hydrogen-bond acceptors (Lipinski definition) is 7. The zero-order valence-electron chi connectivity index (χ0n) is 24.4. The average molecular weight is 571 g/mol. The van der Waals surface area contributed by atoms with E-state index in [1.54, 1.807) is 39.0 Å². The molecule has 9 nitrogen and oxygen atoms in total. The standard InChI is InChI=1S/C31H43FN4O5/c1-31(2,3)36-27(37)7-6-26(30(36)40)35-28(38)23-5-4-18(14-24(23)29(35)39)22-10-13-34(17-25(22)32)19-15-21(16-19)41-20-8-11-33-12-9-20/h4-5,14,19-22,25-26,29,33,39H,6-13,15-17H2,1-3H3. The van der Waals surface area contributed by atoms with E-state index in [1.165, 1.54) is 9.80 Å². The van der Waals surface area contributed by atoms with Crippen LogP contribution < -0.4 is 5.32 Å². The highest BCUT2D eigenvalue weighted by atomic mass is 19.1. The maximum Gasteiger partial charge on any atom is 0.257 e. The quantitative estimate of drug-likeness (QED) is 0.525. The number of fused-ring (bicyclic) bond motifs is 1. The first-order valence-corrected chi connectivity index (χ1v) is 15.3. The summed E-state index contributed by atoms with van der Waals surface area (Å²) in [6.45, 7) is 8.53. The number of carbonyl (C=O) groups is 3. The maximum atomic E-state index is 15.6. The number of nitrogens with zero attached hydrogens (tertiary/aromatic N) is 3. The molecule has 3 saturated heterocycles. The Morgan fingerprint density at radius 2 is 1.76 bits per heavy atom. The van der Waals surface area contributed by atoms with Gasteiger partial charge in [-0.3, -0.25) is 29.1 Å². The number of carbonyl (C=O) groups excluding carboxylic acids is 3. The molecule has 0 aromatic heterocycles. The molecule has 1 aromatic rings. The Labute approximate surface area is 241 Å². The lowest BCUT2D eigenvalue weighted by Gasteiger charge is -2.47. The van der Waals surface area contributed by atoms with Crippen LogP contribution in [-0.4, -0.2) is 99.7 Å². The van der Waals surface area contributed by atoms with E-state index in [-0.39, 0.29) is 30.8 Å². The van der Waals surface area contributed by atoms with Crippen molar-refractivity contribution in [3.05, 3.63) is 34.9 Å². The molecule has 0 bridgehead atoms. The maximum absolute atomic E-state index is 15.6. The molecule has 4 fully saturated rings. The number of alkyl halides is 1. The van der Waals surface area contributed by atoms with E-state index >= 15 is 4.39 Å². The molecule has 3 amide bonds. The largest absolute Gasteiger partial charge is 0.375 e. The minimum Gasteiger partial charge on any atom is -0.375 e. The molecule has 4 unspecified atom stereocenters. The second kappa shape index (κ2) is 11.0. The van der Waals surface area contributed by atoms with Crippen LogP contribution >= 0.6 is 0 Å². The molecular formula is C31H43FN4O5. The Morgan fingerprint density at radius 3 is 2.44 bits per heavy atom. The highest BCUT2D eigenvalue weighted by Gasteiger charge is 2.49. The summed E-state index contributed by atoms with van der Waals surface area (Å²) in [7, 11) is 0. The van der Waals surface area contributed by atoms with Crippen LogP contribution in [0.4, 0.5) is 4.39 Å². The first-order chi connectivity index (χ1) is 19.5. The summed E-state index contributed by atoms with van der Waals surface area (Å²) >= 11 is 0. The highest BCUT2D eigenvalue weighted by molar-refractivity contribution is 6.06. The monoisotopic (exact) mass is 570 g/mol. The second-order valence-electron chi connectivity index (χ2n) is 13.5. The van der Waals surface area contributed by atoms with Crippen molar-refractivity contribution in [1.82, 2.24) is 20.0 Å². The van der Waals surface area contributed by atoms with Gasteiger partial charge in [0.2, 0.25) is 5.91 Å². The molecule has 2 N–H and O–H groups in total. The molecule has 10 heteroatoms. The molecule has 4 aliphatic heterocycles. The Bertz CT molecular complexity index is 1190. The number of halogens is 1. The van der Waals surface area contributed by atoms with Crippen LogP contribution in [0.15, 0.2) is 18.2 Å². The van der Waals surface area contributed by atoms with Crippen molar-refractivity contribution in [2.75, 3.05) is 26.2 Å². The summed E-state index contributed by atoms with van der Waals surface area (Å²) in [6.07, 6.45) is 3.25.